The lowest BCUT2D eigenvalue weighted by Gasteiger charge is -2.39. The lowest BCUT2D eigenvalue weighted by molar-refractivity contribution is -0.137. The number of carbonyl (C=O) groups excluding carboxylic acids is 1. The van der Waals surface area contributed by atoms with E-state index < -0.39 is 0 Å². The van der Waals surface area contributed by atoms with Crippen LogP contribution >= 0.6 is 0 Å². The highest BCUT2D eigenvalue weighted by Gasteiger charge is 2.29. The normalized spacial score (nSPS) is 25.7. The number of hydrogen-bond acceptors (Lipinski definition) is 2. The molecule has 0 aromatic heterocycles. The molecule has 0 aromatic rings. The summed E-state index contributed by atoms with van der Waals surface area (Å²) >= 11 is 0. The standard InChI is InChI=1S/C16H32N2O/c1-12(2)15(10-11-17)8-9-16(19)18-13(3)6-5-7-14(18)4/h12-15H,5-11,17H2,1-4H3. The van der Waals surface area contributed by atoms with E-state index in [0.717, 1.165) is 32.2 Å². The minimum atomic E-state index is 0.349. The fourth-order valence-corrected chi connectivity index (χ4v) is 3.38. The molecule has 112 valence electrons. The van der Waals surface area contributed by atoms with Crippen LogP contribution in [-0.4, -0.2) is 29.4 Å². The van der Waals surface area contributed by atoms with Crippen molar-refractivity contribution in [1.82, 2.24) is 4.90 Å². The first kappa shape index (κ1) is 16.5. The molecule has 0 saturated carbocycles. The van der Waals surface area contributed by atoms with Gasteiger partial charge in [-0.3, -0.25) is 4.79 Å². The van der Waals surface area contributed by atoms with Gasteiger partial charge in [-0.2, -0.15) is 0 Å². The largest absolute Gasteiger partial charge is 0.337 e. The third kappa shape index (κ3) is 4.79. The molecule has 3 nitrogen and oxygen atoms in total. The van der Waals surface area contributed by atoms with Gasteiger partial charge in [0.05, 0.1) is 0 Å². The smallest absolute Gasteiger partial charge is 0.223 e. The summed E-state index contributed by atoms with van der Waals surface area (Å²) in [6, 6.07) is 0.839. The highest BCUT2D eigenvalue weighted by atomic mass is 16.2. The van der Waals surface area contributed by atoms with E-state index in [4.69, 9.17) is 5.73 Å². The third-order valence-corrected chi connectivity index (χ3v) is 4.69. The maximum absolute atomic E-state index is 12.4. The first-order valence-electron chi connectivity index (χ1n) is 7.98. The lowest BCUT2D eigenvalue weighted by atomic mass is 9.87. The Morgan fingerprint density at radius 2 is 1.79 bits per heavy atom. The van der Waals surface area contributed by atoms with Gasteiger partial charge in [0.15, 0.2) is 0 Å². The summed E-state index contributed by atoms with van der Waals surface area (Å²) in [7, 11) is 0. The van der Waals surface area contributed by atoms with Crippen LogP contribution in [0.5, 0.6) is 0 Å². The Morgan fingerprint density at radius 3 is 2.26 bits per heavy atom. The number of carbonyl (C=O) groups is 1. The Morgan fingerprint density at radius 1 is 1.21 bits per heavy atom. The van der Waals surface area contributed by atoms with Gasteiger partial charge in [0, 0.05) is 18.5 Å². The number of rotatable bonds is 6. The van der Waals surface area contributed by atoms with Crippen LogP contribution in [0.2, 0.25) is 0 Å². The summed E-state index contributed by atoms with van der Waals surface area (Å²) in [6.45, 7) is 9.57. The molecule has 0 bridgehead atoms. The van der Waals surface area contributed by atoms with E-state index in [1.807, 2.05) is 0 Å². The second-order valence-electron chi connectivity index (χ2n) is 6.55. The number of nitrogens with zero attached hydrogens (tertiary/aromatic N) is 1. The van der Waals surface area contributed by atoms with Crippen molar-refractivity contribution < 1.29 is 4.79 Å². The summed E-state index contributed by atoms with van der Waals surface area (Å²) in [5, 5.41) is 0. The maximum atomic E-state index is 12.4. The highest BCUT2D eigenvalue weighted by molar-refractivity contribution is 5.77. The van der Waals surface area contributed by atoms with Gasteiger partial charge in [-0.15, -0.1) is 0 Å². The van der Waals surface area contributed by atoms with E-state index in [2.05, 4.69) is 32.6 Å². The van der Waals surface area contributed by atoms with E-state index in [1.54, 1.807) is 0 Å². The van der Waals surface area contributed by atoms with E-state index in [9.17, 15) is 4.79 Å². The molecule has 0 aliphatic carbocycles. The zero-order chi connectivity index (χ0) is 14.4. The zero-order valence-corrected chi connectivity index (χ0v) is 13.2. The first-order chi connectivity index (χ1) is 8.97. The van der Waals surface area contributed by atoms with Crippen LogP contribution in [-0.2, 0) is 4.79 Å². The highest BCUT2D eigenvalue weighted by Crippen LogP contribution is 2.26. The fraction of sp³-hybridized carbons (Fsp3) is 0.938. The Kier molecular flexibility index (Phi) is 6.84. The van der Waals surface area contributed by atoms with Gasteiger partial charge < -0.3 is 10.6 Å². The van der Waals surface area contributed by atoms with Crippen molar-refractivity contribution in [2.75, 3.05) is 6.54 Å². The van der Waals surface area contributed by atoms with E-state index >= 15 is 0 Å². The van der Waals surface area contributed by atoms with Crippen LogP contribution in [0.3, 0.4) is 0 Å². The van der Waals surface area contributed by atoms with Gasteiger partial charge in [-0.25, -0.2) is 0 Å². The Bertz CT molecular complexity index is 268. The van der Waals surface area contributed by atoms with Gasteiger partial charge in [0.2, 0.25) is 5.91 Å². The molecule has 3 heteroatoms. The SMILES string of the molecule is CC(C)C(CCN)CCC(=O)N1C(C)CCCC1C. The average Bonchev–Trinajstić information content (AvgIpc) is 2.33. The molecule has 3 unspecified atom stereocenters. The molecule has 1 rings (SSSR count). The second-order valence-corrected chi connectivity index (χ2v) is 6.55. The van der Waals surface area contributed by atoms with Gasteiger partial charge in [0.1, 0.15) is 0 Å². The van der Waals surface area contributed by atoms with Gasteiger partial charge in [0.25, 0.3) is 0 Å². The van der Waals surface area contributed by atoms with Gasteiger partial charge in [-0.1, -0.05) is 13.8 Å². The minimum Gasteiger partial charge on any atom is -0.337 e. The molecule has 1 amide bonds. The third-order valence-electron chi connectivity index (χ3n) is 4.69. The summed E-state index contributed by atoms with van der Waals surface area (Å²) in [6.07, 6.45) is 6.30. The summed E-state index contributed by atoms with van der Waals surface area (Å²) in [4.78, 5) is 14.6. The van der Waals surface area contributed by atoms with Crippen molar-refractivity contribution in [3.05, 3.63) is 0 Å². The van der Waals surface area contributed by atoms with Crippen LogP contribution in [0.4, 0.5) is 0 Å². The molecule has 1 fully saturated rings. The van der Waals surface area contributed by atoms with Crippen molar-refractivity contribution in [3.8, 4) is 0 Å². The van der Waals surface area contributed by atoms with Crippen LogP contribution < -0.4 is 5.73 Å². The Labute approximate surface area is 118 Å². The molecule has 1 heterocycles. The number of amides is 1. The zero-order valence-electron chi connectivity index (χ0n) is 13.2. The molecule has 0 aromatic carbocycles. The topological polar surface area (TPSA) is 46.3 Å². The van der Waals surface area contributed by atoms with Crippen molar-refractivity contribution >= 4 is 5.91 Å². The van der Waals surface area contributed by atoms with Crippen LogP contribution in [0.15, 0.2) is 0 Å². The Hall–Kier alpha value is -0.570. The predicted octanol–water partition coefficient (Wildman–Crippen LogP) is 3.18. The first-order valence-corrected chi connectivity index (χ1v) is 7.98. The maximum Gasteiger partial charge on any atom is 0.223 e. The molecular formula is C16H32N2O. The van der Waals surface area contributed by atoms with E-state index in [-0.39, 0.29) is 0 Å². The van der Waals surface area contributed by atoms with Crippen LogP contribution in [0.25, 0.3) is 0 Å². The molecule has 3 atom stereocenters. The van der Waals surface area contributed by atoms with Gasteiger partial charge in [-0.05, 0) is 64.3 Å². The van der Waals surface area contributed by atoms with E-state index in [1.165, 1.54) is 6.42 Å². The Balaban J connectivity index is 2.48. The van der Waals surface area contributed by atoms with Crippen molar-refractivity contribution in [2.45, 2.75) is 78.3 Å². The molecule has 19 heavy (non-hydrogen) atoms. The fourth-order valence-electron chi connectivity index (χ4n) is 3.38. The molecule has 1 saturated heterocycles. The molecule has 1 aliphatic rings. The lowest BCUT2D eigenvalue weighted by Crippen LogP contribution is -2.47. The van der Waals surface area contributed by atoms with E-state index in [0.29, 0.717) is 36.2 Å². The molecule has 0 radical (unpaired) electrons. The number of likely N-dealkylation sites (tertiary alicyclic amines) is 1. The average molecular weight is 268 g/mol. The minimum absolute atomic E-state index is 0.349. The predicted molar refractivity (Wildman–Crippen MR) is 80.9 cm³/mol. The van der Waals surface area contributed by atoms with Crippen LogP contribution in [0.1, 0.15) is 66.2 Å². The van der Waals surface area contributed by atoms with Crippen molar-refractivity contribution in [3.63, 3.8) is 0 Å². The summed E-state index contributed by atoms with van der Waals surface area (Å²) in [5.74, 6) is 1.55. The summed E-state index contributed by atoms with van der Waals surface area (Å²) < 4.78 is 0. The quantitative estimate of drug-likeness (QED) is 0.804. The number of nitrogens with two attached hydrogens (primary N) is 1. The number of piperidine rings is 1. The molecule has 2 N–H and O–H groups in total. The molecular weight excluding hydrogens is 236 g/mol. The second kappa shape index (κ2) is 7.88. The molecule has 0 spiro atoms. The monoisotopic (exact) mass is 268 g/mol. The molecule has 1 aliphatic heterocycles. The summed E-state index contributed by atoms with van der Waals surface area (Å²) in [5.41, 5.74) is 5.67. The number of hydrogen-bond donors (Lipinski definition) is 1. The van der Waals surface area contributed by atoms with Crippen LogP contribution in [0, 0.1) is 11.8 Å². The van der Waals surface area contributed by atoms with Gasteiger partial charge >= 0.3 is 0 Å². The van der Waals surface area contributed by atoms with Crippen molar-refractivity contribution in [1.29, 1.82) is 0 Å². The van der Waals surface area contributed by atoms with Crippen molar-refractivity contribution in [2.24, 2.45) is 17.6 Å².